The summed E-state index contributed by atoms with van der Waals surface area (Å²) in [6.07, 6.45) is 3.78. The Bertz CT molecular complexity index is 1230. The van der Waals surface area contributed by atoms with Gasteiger partial charge < -0.3 is 15.5 Å². The lowest BCUT2D eigenvalue weighted by Crippen LogP contribution is -2.26. The Morgan fingerprint density at radius 1 is 0.941 bits per heavy atom. The van der Waals surface area contributed by atoms with E-state index in [4.69, 9.17) is 0 Å². The van der Waals surface area contributed by atoms with Gasteiger partial charge in [-0.2, -0.15) is 5.10 Å². The number of hydrogen-bond donors (Lipinski definition) is 2. The quantitative estimate of drug-likeness (QED) is 0.404. The van der Waals surface area contributed by atoms with Crippen LogP contribution in [0.15, 0.2) is 72.9 Å². The lowest BCUT2D eigenvalue weighted by atomic mass is 10.0. The summed E-state index contributed by atoms with van der Waals surface area (Å²) >= 11 is 1.35. The lowest BCUT2D eigenvalue weighted by molar-refractivity contribution is -0.115. The van der Waals surface area contributed by atoms with E-state index in [0.717, 1.165) is 37.3 Å². The number of nitrogens with one attached hydrogen (secondary N) is 2. The van der Waals surface area contributed by atoms with Crippen molar-refractivity contribution in [2.45, 2.75) is 25.3 Å². The van der Waals surface area contributed by atoms with Gasteiger partial charge in [-0.1, -0.05) is 65.9 Å². The van der Waals surface area contributed by atoms with E-state index in [1.165, 1.54) is 22.5 Å². The molecule has 9 heteroatoms. The third kappa shape index (κ3) is 5.74. The standard InChI is InChI=1S/C25H25N7OS/c33-23(16-20-9-4-8-19(15-20)14-18-6-2-1-3-7-18)28-25-31-30-24(34-25)27-21-11-13-32(17-21)22-10-5-12-26-29-22/h1-10,12,15,21H,11,13-14,16-17H2,(H,27,30)(H,28,31,33)/t21-/m1/s1. The van der Waals surface area contributed by atoms with Crippen LogP contribution < -0.4 is 15.5 Å². The first kappa shape index (κ1) is 22.0. The van der Waals surface area contributed by atoms with Gasteiger partial charge in [0.15, 0.2) is 5.82 Å². The molecule has 1 aliphatic rings. The Morgan fingerprint density at radius 3 is 2.62 bits per heavy atom. The third-order valence-corrected chi connectivity index (χ3v) is 6.45. The number of carbonyl (C=O) groups is 1. The molecule has 5 rings (SSSR count). The fraction of sp³-hybridized carbons (Fsp3) is 0.240. The largest absolute Gasteiger partial charge is 0.355 e. The van der Waals surface area contributed by atoms with Crippen LogP contribution >= 0.6 is 11.3 Å². The fourth-order valence-electron chi connectivity index (χ4n) is 4.08. The molecule has 2 aromatic heterocycles. The Hall–Kier alpha value is -3.85. The van der Waals surface area contributed by atoms with Crippen LogP contribution in [0.5, 0.6) is 0 Å². The molecule has 0 aliphatic carbocycles. The van der Waals surface area contributed by atoms with Crippen molar-refractivity contribution < 1.29 is 4.79 Å². The topological polar surface area (TPSA) is 95.9 Å². The first-order valence-corrected chi connectivity index (χ1v) is 12.1. The van der Waals surface area contributed by atoms with Gasteiger partial charge in [0.1, 0.15) is 0 Å². The van der Waals surface area contributed by atoms with Gasteiger partial charge in [0.25, 0.3) is 0 Å². The molecule has 0 spiro atoms. The number of carbonyl (C=O) groups excluding carboxylic acids is 1. The highest BCUT2D eigenvalue weighted by molar-refractivity contribution is 7.19. The second-order valence-electron chi connectivity index (χ2n) is 8.28. The summed E-state index contributed by atoms with van der Waals surface area (Å²) in [6, 6.07) is 22.6. The first-order chi connectivity index (χ1) is 16.7. The van der Waals surface area contributed by atoms with Gasteiger partial charge in [-0.3, -0.25) is 4.79 Å². The summed E-state index contributed by atoms with van der Waals surface area (Å²) in [5, 5.41) is 23.9. The van der Waals surface area contributed by atoms with E-state index in [1.54, 1.807) is 6.20 Å². The van der Waals surface area contributed by atoms with Crippen LogP contribution in [0.1, 0.15) is 23.1 Å². The molecule has 0 saturated carbocycles. The number of amides is 1. The molecule has 8 nitrogen and oxygen atoms in total. The van der Waals surface area contributed by atoms with E-state index in [9.17, 15) is 4.79 Å². The zero-order valence-electron chi connectivity index (χ0n) is 18.6. The molecule has 1 atom stereocenters. The van der Waals surface area contributed by atoms with Gasteiger partial charge >= 0.3 is 0 Å². The normalized spacial score (nSPS) is 15.3. The summed E-state index contributed by atoms with van der Waals surface area (Å²) in [5.74, 6) is 0.777. The Kier molecular flexibility index (Phi) is 6.71. The minimum Gasteiger partial charge on any atom is -0.355 e. The highest BCUT2D eigenvalue weighted by atomic mass is 32.1. The van der Waals surface area contributed by atoms with E-state index in [1.807, 2.05) is 42.5 Å². The highest BCUT2D eigenvalue weighted by Crippen LogP contribution is 2.24. The minimum atomic E-state index is -0.103. The molecular weight excluding hydrogens is 446 g/mol. The number of hydrogen-bond acceptors (Lipinski definition) is 8. The molecule has 172 valence electrons. The zero-order valence-corrected chi connectivity index (χ0v) is 19.4. The van der Waals surface area contributed by atoms with Crippen molar-refractivity contribution in [1.29, 1.82) is 0 Å². The van der Waals surface area contributed by atoms with Crippen LogP contribution in [0.2, 0.25) is 0 Å². The molecule has 3 heterocycles. The predicted molar refractivity (Wildman–Crippen MR) is 134 cm³/mol. The summed E-state index contributed by atoms with van der Waals surface area (Å²) in [4.78, 5) is 14.8. The van der Waals surface area contributed by atoms with Crippen LogP contribution in [0.4, 0.5) is 16.1 Å². The van der Waals surface area contributed by atoms with Crippen LogP contribution in [-0.4, -0.2) is 45.4 Å². The molecule has 2 N–H and O–H groups in total. The van der Waals surface area contributed by atoms with Crippen molar-refractivity contribution in [2.75, 3.05) is 28.6 Å². The third-order valence-electron chi connectivity index (χ3n) is 5.68. The maximum absolute atomic E-state index is 12.6. The molecular formula is C25H25N7OS. The molecule has 0 radical (unpaired) electrons. The maximum atomic E-state index is 12.6. The molecule has 1 amide bonds. The highest BCUT2D eigenvalue weighted by Gasteiger charge is 2.24. The number of benzene rings is 2. The van der Waals surface area contributed by atoms with Crippen molar-refractivity contribution in [3.05, 3.63) is 89.6 Å². The average Bonchev–Trinajstić information content (AvgIpc) is 3.50. The molecule has 1 fully saturated rings. The van der Waals surface area contributed by atoms with Gasteiger partial charge in [0.05, 0.1) is 6.42 Å². The Morgan fingerprint density at radius 2 is 1.76 bits per heavy atom. The van der Waals surface area contributed by atoms with E-state index in [2.05, 4.69) is 60.2 Å². The second kappa shape index (κ2) is 10.4. The lowest BCUT2D eigenvalue weighted by Gasteiger charge is -2.16. The van der Waals surface area contributed by atoms with Gasteiger partial charge in [0, 0.05) is 25.3 Å². The van der Waals surface area contributed by atoms with Crippen molar-refractivity contribution in [3.63, 3.8) is 0 Å². The fourth-order valence-corrected chi connectivity index (χ4v) is 4.82. The zero-order chi connectivity index (χ0) is 23.2. The molecule has 34 heavy (non-hydrogen) atoms. The van der Waals surface area contributed by atoms with Crippen molar-refractivity contribution in [2.24, 2.45) is 0 Å². The predicted octanol–water partition coefficient (Wildman–Crippen LogP) is 3.79. The van der Waals surface area contributed by atoms with Crippen LogP contribution in [0.25, 0.3) is 0 Å². The molecule has 4 aromatic rings. The van der Waals surface area contributed by atoms with Gasteiger partial charge in [-0.15, -0.1) is 15.3 Å². The number of aromatic nitrogens is 4. The number of anilines is 3. The SMILES string of the molecule is O=C(Cc1cccc(Cc2ccccc2)c1)Nc1nnc(N[C@@H]2CCN(c3cccnn3)C2)s1. The molecule has 0 bridgehead atoms. The van der Waals surface area contributed by atoms with Crippen LogP contribution in [0, 0.1) is 0 Å². The number of rotatable bonds is 8. The van der Waals surface area contributed by atoms with Gasteiger partial charge in [-0.25, -0.2) is 0 Å². The Labute approximate surface area is 202 Å². The van der Waals surface area contributed by atoms with Gasteiger partial charge in [0.2, 0.25) is 16.2 Å². The number of nitrogens with zero attached hydrogens (tertiary/aromatic N) is 5. The van der Waals surface area contributed by atoms with Crippen molar-refractivity contribution in [3.8, 4) is 0 Å². The van der Waals surface area contributed by atoms with Crippen LogP contribution in [-0.2, 0) is 17.6 Å². The molecule has 2 aromatic carbocycles. The van der Waals surface area contributed by atoms with E-state index < -0.39 is 0 Å². The molecule has 1 saturated heterocycles. The molecule has 0 unspecified atom stereocenters. The molecule has 1 aliphatic heterocycles. The van der Waals surface area contributed by atoms with Crippen molar-refractivity contribution in [1.82, 2.24) is 20.4 Å². The van der Waals surface area contributed by atoms with Crippen molar-refractivity contribution >= 4 is 33.3 Å². The van der Waals surface area contributed by atoms with E-state index in [-0.39, 0.29) is 11.9 Å². The summed E-state index contributed by atoms with van der Waals surface area (Å²) in [6.45, 7) is 1.72. The van der Waals surface area contributed by atoms with Gasteiger partial charge in [-0.05, 0) is 41.7 Å². The minimum absolute atomic E-state index is 0.103. The summed E-state index contributed by atoms with van der Waals surface area (Å²) < 4.78 is 0. The van der Waals surface area contributed by atoms with E-state index >= 15 is 0 Å². The maximum Gasteiger partial charge on any atom is 0.230 e. The first-order valence-electron chi connectivity index (χ1n) is 11.3. The summed E-state index contributed by atoms with van der Waals surface area (Å²) in [7, 11) is 0. The summed E-state index contributed by atoms with van der Waals surface area (Å²) in [5.41, 5.74) is 3.41. The monoisotopic (exact) mass is 471 g/mol. The van der Waals surface area contributed by atoms with Crippen LogP contribution in [0.3, 0.4) is 0 Å². The Balaban J connectivity index is 1.12. The average molecular weight is 472 g/mol. The second-order valence-corrected chi connectivity index (χ2v) is 9.25. The van der Waals surface area contributed by atoms with E-state index in [0.29, 0.717) is 16.7 Å². The smallest absolute Gasteiger partial charge is 0.230 e.